The highest BCUT2D eigenvalue weighted by Crippen LogP contribution is 2.63. The molecule has 0 heterocycles. The summed E-state index contributed by atoms with van der Waals surface area (Å²) in [5, 5.41) is 11.1. The maximum atomic E-state index is 12.1. The molecule has 0 radical (unpaired) electrons. The number of allylic oxidation sites excluding steroid dienone is 5. The van der Waals surface area contributed by atoms with E-state index in [4.69, 9.17) is 0 Å². The van der Waals surface area contributed by atoms with Crippen molar-refractivity contribution in [3.63, 3.8) is 0 Å². The third-order valence-corrected chi connectivity index (χ3v) is 7.59. The smallest absolute Gasteiger partial charge is 0.156 e. The first kappa shape index (κ1) is 16.0. The van der Waals surface area contributed by atoms with E-state index in [1.165, 1.54) is 0 Å². The molecule has 0 spiro atoms. The highest BCUT2D eigenvalue weighted by atomic mass is 16.3. The number of carbonyl (C=O) groups is 2. The van der Waals surface area contributed by atoms with Crippen LogP contribution in [0.5, 0.6) is 0 Å². The molecule has 1 fully saturated rings. The van der Waals surface area contributed by atoms with Crippen LogP contribution < -0.4 is 0 Å². The minimum Gasteiger partial charge on any atom is -0.392 e. The number of rotatable bonds is 1. The molecule has 0 saturated heterocycles. The van der Waals surface area contributed by atoms with Crippen molar-refractivity contribution < 1.29 is 14.7 Å². The number of ketones is 2. The van der Waals surface area contributed by atoms with Crippen molar-refractivity contribution in [2.75, 3.05) is 0 Å². The summed E-state index contributed by atoms with van der Waals surface area (Å²) in [5.74, 6) is 1.29. The lowest BCUT2D eigenvalue weighted by molar-refractivity contribution is -0.122. The average molecular weight is 326 g/mol. The molecule has 128 valence electrons. The van der Waals surface area contributed by atoms with Crippen molar-refractivity contribution in [3.8, 4) is 0 Å². The van der Waals surface area contributed by atoms with E-state index in [0.29, 0.717) is 24.7 Å². The van der Waals surface area contributed by atoms with Crippen molar-refractivity contribution >= 4 is 11.6 Å². The van der Waals surface area contributed by atoms with Gasteiger partial charge in [0, 0.05) is 11.8 Å². The molecule has 4 rings (SSSR count). The zero-order valence-corrected chi connectivity index (χ0v) is 14.7. The van der Waals surface area contributed by atoms with Gasteiger partial charge >= 0.3 is 0 Å². The van der Waals surface area contributed by atoms with Gasteiger partial charge in [-0.15, -0.1) is 0 Å². The Labute approximate surface area is 143 Å². The molecule has 0 aromatic rings. The molecule has 1 saturated carbocycles. The predicted octanol–water partition coefficient (Wildman–Crippen LogP) is 3.39. The molecule has 0 unspecified atom stereocenters. The lowest BCUT2D eigenvalue weighted by Gasteiger charge is -2.57. The molecule has 1 N–H and O–H groups in total. The van der Waals surface area contributed by atoms with E-state index in [1.807, 2.05) is 6.08 Å². The van der Waals surface area contributed by atoms with Gasteiger partial charge < -0.3 is 5.11 Å². The topological polar surface area (TPSA) is 54.4 Å². The summed E-state index contributed by atoms with van der Waals surface area (Å²) in [5.41, 5.74) is 1.49. The van der Waals surface area contributed by atoms with Crippen LogP contribution in [0, 0.1) is 28.6 Å². The van der Waals surface area contributed by atoms with Crippen LogP contribution in [0.3, 0.4) is 0 Å². The van der Waals surface area contributed by atoms with Gasteiger partial charge in [0.05, 0.1) is 6.10 Å². The van der Waals surface area contributed by atoms with Crippen LogP contribution >= 0.6 is 0 Å². The predicted molar refractivity (Wildman–Crippen MR) is 92.2 cm³/mol. The first-order chi connectivity index (χ1) is 11.3. The van der Waals surface area contributed by atoms with Gasteiger partial charge in [0.1, 0.15) is 0 Å². The monoisotopic (exact) mass is 326 g/mol. The van der Waals surface area contributed by atoms with E-state index >= 15 is 0 Å². The minimum atomic E-state index is -0.497. The lowest BCUT2D eigenvalue weighted by atomic mass is 9.48. The first-order valence-corrected chi connectivity index (χ1v) is 9.11. The number of hydrogen-bond acceptors (Lipinski definition) is 3. The molecule has 0 aromatic heterocycles. The molecule has 0 aromatic carbocycles. The summed E-state index contributed by atoms with van der Waals surface area (Å²) in [6, 6.07) is 0. The molecule has 0 bridgehead atoms. The van der Waals surface area contributed by atoms with Crippen LogP contribution in [-0.2, 0) is 9.59 Å². The van der Waals surface area contributed by atoms with Crippen molar-refractivity contribution in [2.24, 2.45) is 28.6 Å². The van der Waals surface area contributed by atoms with E-state index in [0.717, 1.165) is 24.0 Å². The average Bonchev–Trinajstić information content (AvgIpc) is 2.88. The number of fused-ring (bicyclic) bond motifs is 5. The maximum absolute atomic E-state index is 12.1. The van der Waals surface area contributed by atoms with Gasteiger partial charge in [0.2, 0.25) is 0 Å². The quantitative estimate of drug-likeness (QED) is 0.803. The summed E-state index contributed by atoms with van der Waals surface area (Å²) >= 11 is 0. The zero-order chi connectivity index (χ0) is 17.3. The second-order valence-corrected chi connectivity index (χ2v) is 8.58. The Morgan fingerprint density at radius 1 is 1.29 bits per heavy atom. The number of aliphatic hydroxyl groups is 1. The van der Waals surface area contributed by atoms with E-state index < -0.39 is 11.5 Å². The van der Waals surface area contributed by atoms with Crippen LogP contribution in [0.1, 0.15) is 46.5 Å². The Hall–Kier alpha value is -1.48. The number of carbonyl (C=O) groups excluding carboxylic acids is 2. The fourth-order valence-electron chi connectivity index (χ4n) is 6.08. The second-order valence-electron chi connectivity index (χ2n) is 8.58. The lowest BCUT2D eigenvalue weighted by Crippen LogP contribution is -2.54. The van der Waals surface area contributed by atoms with Crippen LogP contribution in [0.25, 0.3) is 0 Å². The van der Waals surface area contributed by atoms with Gasteiger partial charge in [0.25, 0.3) is 0 Å². The molecule has 4 aliphatic carbocycles. The first-order valence-electron chi connectivity index (χ1n) is 9.11. The van der Waals surface area contributed by atoms with E-state index in [-0.39, 0.29) is 22.9 Å². The van der Waals surface area contributed by atoms with Gasteiger partial charge in [-0.2, -0.15) is 0 Å². The highest BCUT2D eigenvalue weighted by Gasteiger charge is 2.60. The molecule has 3 heteroatoms. The Kier molecular flexibility index (Phi) is 3.34. The van der Waals surface area contributed by atoms with Gasteiger partial charge in [-0.05, 0) is 66.6 Å². The molecule has 0 amide bonds. The zero-order valence-electron chi connectivity index (χ0n) is 14.7. The largest absolute Gasteiger partial charge is 0.392 e. The Balaban J connectivity index is 1.78. The Bertz CT molecular complexity index is 713. The fourth-order valence-corrected chi connectivity index (χ4v) is 6.08. The number of aliphatic hydroxyl groups excluding tert-OH is 1. The van der Waals surface area contributed by atoms with Crippen LogP contribution in [0.4, 0.5) is 0 Å². The molecule has 4 aliphatic rings. The van der Waals surface area contributed by atoms with Crippen molar-refractivity contribution in [1.82, 2.24) is 0 Å². The number of hydrogen-bond donors (Lipinski definition) is 1. The van der Waals surface area contributed by atoms with Gasteiger partial charge in [0.15, 0.2) is 11.6 Å². The summed E-state index contributed by atoms with van der Waals surface area (Å²) in [7, 11) is 0. The Morgan fingerprint density at radius 3 is 2.75 bits per heavy atom. The van der Waals surface area contributed by atoms with E-state index in [2.05, 4.69) is 32.1 Å². The molecule has 3 nitrogen and oxygen atoms in total. The Morgan fingerprint density at radius 2 is 2.04 bits per heavy atom. The van der Waals surface area contributed by atoms with Gasteiger partial charge in [-0.1, -0.05) is 32.1 Å². The van der Waals surface area contributed by atoms with E-state index in [9.17, 15) is 14.7 Å². The summed E-state index contributed by atoms with van der Waals surface area (Å²) in [6.07, 6.45) is 10.8. The summed E-state index contributed by atoms with van der Waals surface area (Å²) < 4.78 is 0. The summed E-state index contributed by atoms with van der Waals surface area (Å²) in [4.78, 5) is 23.9. The minimum absolute atomic E-state index is 0.0331. The molecule has 0 aliphatic heterocycles. The van der Waals surface area contributed by atoms with Crippen molar-refractivity contribution in [1.29, 1.82) is 0 Å². The van der Waals surface area contributed by atoms with Crippen molar-refractivity contribution in [3.05, 3.63) is 35.5 Å². The molecule has 24 heavy (non-hydrogen) atoms. The summed E-state index contributed by atoms with van der Waals surface area (Å²) in [6.45, 7) is 5.95. The number of Topliss-reactive ketones (excluding diaryl/α,β-unsaturated/α-hetero) is 1. The standard InChI is InChI=1S/C21H26O3/c1-12(22)16-6-7-17-15-5-4-13-10-14(23)8-9-20(13,2)18(15)11-19(24)21(16,17)3/h4-6,10,15,17-19,24H,7-9,11H2,1-3H3/t15-,17+,18+,19+,20-,21+/m0/s1. The van der Waals surface area contributed by atoms with Crippen molar-refractivity contribution in [2.45, 2.75) is 52.6 Å². The molecule has 6 atom stereocenters. The van der Waals surface area contributed by atoms with E-state index in [1.54, 1.807) is 6.92 Å². The van der Waals surface area contributed by atoms with Crippen LogP contribution in [0.2, 0.25) is 0 Å². The molecular formula is C21H26O3. The normalized spacial score (nSPS) is 46.6. The maximum Gasteiger partial charge on any atom is 0.156 e. The molecular weight excluding hydrogens is 300 g/mol. The third-order valence-electron chi connectivity index (χ3n) is 7.59. The third kappa shape index (κ3) is 1.88. The second kappa shape index (κ2) is 5.01. The highest BCUT2D eigenvalue weighted by molar-refractivity contribution is 5.95. The SMILES string of the molecule is CC(=O)C1=CC[C@@H]2[C@@H]3C=CC4=CC(=O)CC[C@]4(C)[C@@H]3C[C@@H](O)[C@]12C. The van der Waals surface area contributed by atoms with Crippen LogP contribution in [0.15, 0.2) is 35.5 Å². The fraction of sp³-hybridized carbons (Fsp3) is 0.619. The van der Waals surface area contributed by atoms with Gasteiger partial charge in [-0.3, -0.25) is 9.59 Å². The van der Waals surface area contributed by atoms with Gasteiger partial charge in [-0.25, -0.2) is 0 Å². The van der Waals surface area contributed by atoms with Crippen LogP contribution in [-0.4, -0.2) is 22.8 Å².